The molecule has 0 bridgehead atoms. The summed E-state index contributed by atoms with van der Waals surface area (Å²) in [6.45, 7) is 3.63. The van der Waals surface area contributed by atoms with Gasteiger partial charge in [0.1, 0.15) is 5.75 Å². The van der Waals surface area contributed by atoms with Crippen LogP contribution in [0.4, 0.5) is 0 Å². The van der Waals surface area contributed by atoms with Gasteiger partial charge in [0.05, 0.1) is 12.0 Å². The first kappa shape index (κ1) is 17.0. The van der Waals surface area contributed by atoms with Crippen LogP contribution in [0.2, 0.25) is 0 Å². The number of aryl methyl sites for hydroxylation is 1. The van der Waals surface area contributed by atoms with Gasteiger partial charge in [-0.05, 0) is 55.3 Å². The fourth-order valence-corrected chi connectivity index (χ4v) is 3.72. The van der Waals surface area contributed by atoms with E-state index in [1.54, 1.807) is 25.3 Å². The number of benzene rings is 2. The van der Waals surface area contributed by atoms with E-state index in [1.807, 2.05) is 38.1 Å². The van der Waals surface area contributed by atoms with Crippen LogP contribution in [0.5, 0.6) is 5.75 Å². The topological polar surface area (TPSA) is 55.4 Å². The van der Waals surface area contributed by atoms with Crippen molar-refractivity contribution in [3.63, 3.8) is 0 Å². The van der Waals surface area contributed by atoms with Crippen molar-refractivity contribution in [2.45, 2.75) is 24.8 Å². The summed E-state index contributed by atoms with van der Waals surface area (Å²) in [5, 5.41) is 0. The molecule has 0 saturated carbocycles. The first-order valence-electron chi connectivity index (χ1n) is 6.76. The Morgan fingerprint density at radius 2 is 1.77 bits per heavy atom. The van der Waals surface area contributed by atoms with E-state index in [1.165, 1.54) is 0 Å². The molecule has 0 spiro atoms. The van der Waals surface area contributed by atoms with Gasteiger partial charge in [-0.3, -0.25) is 0 Å². The number of ether oxygens (including phenoxy) is 1. The molecule has 0 aliphatic carbocycles. The number of hydrogen-bond donors (Lipinski definition) is 1. The Bertz CT molecular complexity index is 757. The summed E-state index contributed by atoms with van der Waals surface area (Å²) in [6, 6.07) is 12.0. The first-order valence-corrected chi connectivity index (χ1v) is 9.03. The van der Waals surface area contributed by atoms with Gasteiger partial charge in [-0.25, -0.2) is 13.1 Å². The predicted octanol–water partition coefficient (Wildman–Crippen LogP) is 3.81. The first-order chi connectivity index (χ1) is 10.3. The lowest BCUT2D eigenvalue weighted by molar-refractivity contribution is 0.411. The van der Waals surface area contributed by atoms with Gasteiger partial charge in [-0.2, -0.15) is 0 Å². The summed E-state index contributed by atoms with van der Waals surface area (Å²) >= 11 is 3.36. The lowest BCUT2D eigenvalue weighted by Crippen LogP contribution is -2.27. The molecule has 2 aromatic carbocycles. The maximum absolute atomic E-state index is 12.5. The minimum atomic E-state index is -3.58. The molecule has 0 saturated heterocycles. The largest absolute Gasteiger partial charge is 0.496 e. The van der Waals surface area contributed by atoms with Crippen molar-refractivity contribution in [2.24, 2.45) is 0 Å². The van der Waals surface area contributed by atoms with Crippen LogP contribution < -0.4 is 9.46 Å². The van der Waals surface area contributed by atoms with Crippen LogP contribution in [0.1, 0.15) is 24.1 Å². The van der Waals surface area contributed by atoms with Crippen LogP contribution in [0.3, 0.4) is 0 Å². The maximum atomic E-state index is 12.5. The highest BCUT2D eigenvalue weighted by molar-refractivity contribution is 9.10. The Hall–Kier alpha value is -1.37. The number of rotatable bonds is 5. The number of hydrogen-bond acceptors (Lipinski definition) is 3. The summed E-state index contributed by atoms with van der Waals surface area (Å²) in [7, 11) is -2.02. The molecule has 6 heteroatoms. The molecule has 0 aromatic heterocycles. The van der Waals surface area contributed by atoms with Crippen molar-refractivity contribution in [3.05, 3.63) is 58.1 Å². The third kappa shape index (κ3) is 3.88. The van der Waals surface area contributed by atoms with Crippen LogP contribution in [0.25, 0.3) is 0 Å². The van der Waals surface area contributed by atoms with Crippen molar-refractivity contribution >= 4 is 26.0 Å². The van der Waals surface area contributed by atoms with Crippen LogP contribution in [-0.2, 0) is 10.0 Å². The van der Waals surface area contributed by atoms with Gasteiger partial charge in [0.15, 0.2) is 0 Å². The van der Waals surface area contributed by atoms with Crippen molar-refractivity contribution in [3.8, 4) is 5.75 Å². The van der Waals surface area contributed by atoms with Crippen LogP contribution in [0, 0.1) is 6.92 Å². The smallest absolute Gasteiger partial charge is 0.241 e. The fraction of sp³-hybridized carbons (Fsp3) is 0.250. The SMILES string of the molecule is COc1ccc(S(=O)(=O)N[C@H](C)c2ccc(Br)cc2)cc1C. The van der Waals surface area contributed by atoms with Gasteiger partial charge >= 0.3 is 0 Å². The molecule has 0 aliphatic heterocycles. The molecule has 22 heavy (non-hydrogen) atoms. The summed E-state index contributed by atoms with van der Waals surface area (Å²) in [6.07, 6.45) is 0. The molecule has 0 radical (unpaired) electrons. The number of methoxy groups -OCH3 is 1. The highest BCUT2D eigenvalue weighted by Crippen LogP contribution is 2.23. The monoisotopic (exact) mass is 383 g/mol. The molecule has 0 aliphatic rings. The maximum Gasteiger partial charge on any atom is 0.241 e. The Morgan fingerprint density at radius 1 is 1.14 bits per heavy atom. The Kier molecular flexibility index (Phi) is 5.26. The normalized spacial score (nSPS) is 12.9. The number of halogens is 1. The second kappa shape index (κ2) is 6.81. The van der Waals surface area contributed by atoms with E-state index in [2.05, 4.69) is 20.7 Å². The minimum Gasteiger partial charge on any atom is -0.496 e. The highest BCUT2D eigenvalue weighted by atomic mass is 79.9. The van der Waals surface area contributed by atoms with Gasteiger partial charge in [-0.1, -0.05) is 28.1 Å². The summed E-state index contributed by atoms with van der Waals surface area (Å²) in [5.74, 6) is 0.667. The van der Waals surface area contributed by atoms with Crippen LogP contribution in [-0.4, -0.2) is 15.5 Å². The lowest BCUT2D eigenvalue weighted by atomic mass is 10.1. The highest BCUT2D eigenvalue weighted by Gasteiger charge is 2.19. The Labute approximate surface area is 139 Å². The zero-order chi connectivity index (χ0) is 16.3. The molecule has 0 amide bonds. The molecule has 1 N–H and O–H groups in total. The quantitative estimate of drug-likeness (QED) is 0.853. The van der Waals surface area contributed by atoms with Crippen molar-refractivity contribution < 1.29 is 13.2 Å². The fourth-order valence-electron chi connectivity index (χ4n) is 2.14. The minimum absolute atomic E-state index is 0.231. The molecule has 0 heterocycles. The number of sulfonamides is 1. The van der Waals surface area contributed by atoms with E-state index in [0.29, 0.717) is 5.75 Å². The van der Waals surface area contributed by atoms with Gasteiger partial charge < -0.3 is 4.74 Å². The molecule has 2 rings (SSSR count). The molecule has 0 fully saturated rings. The summed E-state index contributed by atoms with van der Waals surface area (Å²) in [4.78, 5) is 0.231. The zero-order valence-electron chi connectivity index (χ0n) is 12.6. The molecule has 1 atom stereocenters. The third-order valence-electron chi connectivity index (χ3n) is 3.38. The third-order valence-corrected chi connectivity index (χ3v) is 5.45. The summed E-state index contributed by atoms with van der Waals surface area (Å²) in [5.41, 5.74) is 1.68. The van der Waals surface area contributed by atoms with Gasteiger partial charge in [-0.15, -0.1) is 0 Å². The van der Waals surface area contributed by atoms with Gasteiger partial charge in [0.2, 0.25) is 10.0 Å². The van der Waals surface area contributed by atoms with E-state index in [-0.39, 0.29) is 10.9 Å². The van der Waals surface area contributed by atoms with E-state index < -0.39 is 10.0 Å². The van der Waals surface area contributed by atoms with E-state index in [9.17, 15) is 8.42 Å². The molecule has 118 valence electrons. The standard InChI is InChI=1S/C16H18BrNO3S/c1-11-10-15(8-9-16(11)21-3)22(19,20)18-12(2)13-4-6-14(17)7-5-13/h4-10,12,18H,1-3H3/t12-/m1/s1. The van der Waals surface area contributed by atoms with Crippen molar-refractivity contribution in [1.82, 2.24) is 4.72 Å². The average molecular weight is 384 g/mol. The van der Waals surface area contributed by atoms with Crippen molar-refractivity contribution in [2.75, 3.05) is 7.11 Å². The van der Waals surface area contributed by atoms with Crippen molar-refractivity contribution in [1.29, 1.82) is 0 Å². The second-order valence-corrected chi connectivity index (χ2v) is 7.66. The number of nitrogens with one attached hydrogen (secondary N) is 1. The average Bonchev–Trinajstić information content (AvgIpc) is 2.47. The van der Waals surface area contributed by atoms with E-state index in [0.717, 1.165) is 15.6 Å². The Morgan fingerprint density at radius 3 is 2.32 bits per heavy atom. The van der Waals surface area contributed by atoms with E-state index >= 15 is 0 Å². The van der Waals surface area contributed by atoms with Crippen LogP contribution >= 0.6 is 15.9 Å². The molecule has 2 aromatic rings. The molecule has 0 unspecified atom stereocenters. The van der Waals surface area contributed by atoms with Crippen LogP contribution in [0.15, 0.2) is 51.8 Å². The zero-order valence-corrected chi connectivity index (χ0v) is 15.0. The predicted molar refractivity (Wildman–Crippen MR) is 90.6 cm³/mol. The summed E-state index contributed by atoms with van der Waals surface area (Å²) < 4.78 is 33.7. The molecule has 4 nitrogen and oxygen atoms in total. The van der Waals surface area contributed by atoms with E-state index in [4.69, 9.17) is 4.74 Å². The second-order valence-electron chi connectivity index (χ2n) is 5.03. The lowest BCUT2D eigenvalue weighted by Gasteiger charge is -2.15. The van der Waals surface area contributed by atoms with Gasteiger partial charge in [0, 0.05) is 10.5 Å². The Balaban J connectivity index is 2.23. The molecular formula is C16H18BrNO3S. The van der Waals surface area contributed by atoms with Gasteiger partial charge in [0.25, 0.3) is 0 Å². The molecular weight excluding hydrogens is 366 g/mol.